The molecule has 190 valence electrons. The summed E-state index contributed by atoms with van der Waals surface area (Å²) in [6.45, 7) is 6.17. The molecule has 0 radical (unpaired) electrons. The molecule has 0 aliphatic carbocycles. The van der Waals surface area contributed by atoms with Crippen molar-refractivity contribution in [2.75, 3.05) is 4.90 Å². The molecule has 1 fully saturated rings. The molecule has 4 aromatic rings. The van der Waals surface area contributed by atoms with Gasteiger partial charge in [-0.05, 0) is 85.0 Å². The fraction of sp³-hybridized carbons (Fsp3) is 0.156. The van der Waals surface area contributed by atoms with Gasteiger partial charge in [0.2, 0.25) is 0 Å². The van der Waals surface area contributed by atoms with Gasteiger partial charge in [0.15, 0.2) is 0 Å². The second-order valence-electron chi connectivity index (χ2n) is 9.56. The molecule has 5 rings (SSSR count). The summed E-state index contributed by atoms with van der Waals surface area (Å²) in [6, 6.07) is 23.5. The molecule has 0 saturated carbocycles. The minimum atomic E-state index is -0.820. The van der Waals surface area contributed by atoms with E-state index in [9.17, 15) is 14.7 Å². The number of hydrogen-bond acceptors (Lipinski definition) is 5. The molecule has 1 amide bonds. The summed E-state index contributed by atoms with van der Waals surface area (Å²) in [5.74, 6) is -0.991. The van der Waals surface area contributed by atoms with Crippen LogP contribution in [0.1, 0.15) is 39.4 Å². The minimum Gasteiger partial charge on any atom is -0.507 e. The van der Waals surface area contributed by atoms with Gasteiger partial charge in [-0.2, -0.15) is 0 Å². The van der Waals surface area contributed by atoms with Crippen molar-refractivity contribution in [1.82, 2.24) is 4.98 Å². The number of Topliss-reactive ketones (excluding diaryl/α,β-unsaturated/α-hetero) is 1. The lowest BCUT2D eigenvalue weighted by atomic mass is 9.95. The van der Waals surface area contributed by atoms with Gasteiger partial charge in [0.05, 0.1) is 11.6 Å². The monoisotopic (exact) mass is 504 g/mol. The van der Waals surface area contributed by atoms with Gasteiger partial charge in [-0.1, -0.05) is 42.5 Å². The molecule has 1 saturated heterocycles. The fourth-order valence-electron chi connectivity index (χ4n) is 4.89. The lowest BCUT2D eigenvalue weighted by molar-refractivity contribution is -0.132. The normalized spacial score (nSPS) is 16.6. The van der Waals surface area contributed by atoms with Crippen molar-refractivity contribution in [3.05, 3.63) is 130 Å². The average Bonchev–Trinajstić information content (AvgIpc) is 3.18. The zero-order valence-corrected chi connectivity index (χ0v) is 21.5. The van der Waals surface area contributed by atoms with Gasteiger partial charge in [-0.25, -0.2) is 0 Å². The number of pyridine rings is 1. The Balaban J connectivity index is 1.56. The van der Waals surface area contributed by atoms with Crippen molar-refractivity contribution in [3.63, 3.8) is 0 Å². The molecule has 1 N–H and O–H groups in total. The summed E-state index contributed by atoms with van der Waals surface area (Å²) in [5.41, 5.74) is 5.46. The van der Waals surface area contributed by atoms with E-state index < -0.39 is 17.7 Å². The lowest BCUT2D eigenvalue weighted by Crippen LogP contribution is -2.29. The van der Waals surface area contributed by atoms with Crippen LogP contribution in [0.4, 0.5) is 5.69 Å². The van der Waals surface area contributed by atoms with Crippen molar-refractivity contribution in [2.45, 2.75) is 33.4 Å². The van der Waals surface area contributed by atoms with Crippen LogP contribution < -0.4 is 9.64 Å². The molecule has 0 bridgehead atoms. The lowest BCUT2D eigenvalue weighted by Gasteiger charge is -2.26. The number of aliphatic hydroxyl groups is 1. The Morgan fingerprint density at radius 3 is 2.32 bits per heavy atom. The second kappa shape index (κ2) is 10.3. The summed E-state index contributed by atoms with van der Waals surface area (Å²) in [6.07, 6.45) is 3.25. The topological polar surface area (TPSA) is 79.7 Å². The van der Waals surface area contributed by atoms with E-state index in [1.165, 1.54) is 4.90 Å². The van der Waals surface area contributed by atoms with Crippen molar-refractivity contribution in [1.29, 1.82) is 0 Å². The third-order valence-electron chi connectivity index (χ3n) is 6.61. The summed E-state index contributed by atoms with van der Waals surface area (Å²) in [5, 5.41) is 11.5. The number of carbonyl (C=O) groups excluding carboxylic acids is 2. The maximum Gasteiger partial charge on any atom is 0.300 e. The summed E-state index contributed by atoms with van der Waals surface area (Å²) in [4.78, 5) is 32.5. The first-order valence-electron chi connectivity index (χ1n) is 12.4. The SMILES string of the molecule is Cc1cc(C)cc(N2C(=O)C(=O)/C(=C(\O)c3ccc(OCc4ccccc4)c(C)c3)C2c2cccnc2)c1. The zero-order valence-electron chi connectivity index (χ0n) is 21.5. The van der Waals surface area contributed by atoms with E-state index in [2.05, 4.69) is 4.98 Å². The Morgan fingerprint density at radius 1 is 0.921 bits per heavy atom. The number of aromatic nitrogens is 1. The van der Waals surface area contributed by atoms with E-state index in [4.69, 9.17) is 4.74 Å². The van der Waals surface area contributed by atoms with Crippen LogP contribution in [-0.4, -0.2) is 21.8 Å². The standard InChI is InChI=1S/C32H28N2O4/c1-20-14-21(2)16-26(15-20)34-29(25-10-7-13-33-18-25)28(31(36)32(34)37)30(35)24-11-12-27(22(3)17-24)38-19-23-8-5-4-6-9-23/h4-18,29,35H,19H2,1-3H3/b30-28-. The number of ether oxygens (including phenoxy) is 1. The zero-order chi connectivity index (χ0) is 26.8. The maximum absolute atomic E-state index is 13.4. The third-order valence-corrected chi connectivity index (χ3v) is 6.61. The summed E-state index contributed by atoms with van der Waals surface area (Å²) in [7, 11) is 0. The van der Waals surface area contributed by atoms with E-state index in [0.717, 1.165) is 22.3 Å². The van der Waals surface area contributed by atoms with Crippen LogP contribution in [-0.2, 0) is 16.2 Å². The molecule has 0 spiro atoms. The molecule has 1 aliphatic heterocycles. The van der Waals surface area contributed by atoms with Crippen LogP contribution in [0.25, 0.3) is 5.76 Å². The number of ketones is 1. The van der Waals surface area contributed by atoms with E-state index in [0.29, 0.717) is 29.2 Å². The molecule has 1 atom stereocenters. The highest BCUT2D eigenvalue weighted by atomic mass is 16.5. The Morgan fingerprint density at radius 2 is 1.66 bits per heavy atom. The number of nitrogens with zero attached hydrogens (tertiary/aromatic N) is 2. The van der Waals surface area contributed by atoms with Gasteiger partial charge in [0.1, 0.15) is 18.1 Å². The van der Waals surface area contributed by atoms with Crippen LogP contribution in [0.2, 0.25) is 0 Å². The number of rotatable bonds is 6. The predicted molar refractivity (Wildman–Crippen MR) is 147 cm³/mol. The van der Waals surface area contributed by atoms with Crippen molar-refractivity contribution in [3.8, 4) is 5.75 Å². The Labute approximate surface area is 221 Å². The predicted octanol–water partition coefficient (Wildman–Crippen LogP) is 6.21. The molecule has 2 heterocycles. The van der Waals surface area contributed by atoms with Gasteiger partial charge < -0.3 is 9.84 Å². The van der Waals surface area contributed by atoms with Crippen LogP contribution in [0, 0.1) is 20.8 Å². The first kappa shape index (κ1) is 25.0. The van der Waals surface area contributed by atoms with Crippen LogP contribution in [0.15, 0.2) is 96.8 Å². The van der Waals surface area contributed by atoms with Crippen LogP contribution in [0.3, 0.4) is 0 Å². The van der Waals surface area contributed by atoms with E-state index in [1.54, 1.807) is 42.7 Å². The largest absolute Gasteiger partial charge is 0.507 e. The number of amides is 1. The molecule has 6 heteroatoms. The average molecular weight is 505 g/mol. The molecule has 3 aromatic carbocycles. The Bertz CT molecular complexity index is 1520. The van der Waals surface area contributed by atoms with Gasteiger partial charge in [-0.3, -0.25) is 19.5 Å². The highest BCUT2D eigenvalue weighted by Gasteiger charge is 2.47. The van der Waals surface area contributed by atoms with Gasteiger partial charge in [0, 0.05) is 23.6 Å². The summed E-state index contributed by atoms with van der Waals surface area (Å²) >= 11 is 0. The molecule has 1 aromatic heterocycles. The Kier molecular flexibility index (Phi) is 6.79. The van der Waals surface area contributed by atoms with Crippen molar-refractivity contribution < 1.29 is 19.4 Å². The van der Waals surface area contributed by atoms with E-state index >= 15 is 0 Å². The van der Waals surface area contributed by atoms with Crippen LogP contribution in [0.5, 0.6) is 5.75 Å². The molecule has 6 nitrogen and oxygen atoms in total. The number of aryl methyl sites for hydroxylation is 3. The fourth-order valence-corrected chi connectivity index (χ4v) is 4.89. The Hall–Kier alpha value is -4.71. The van der Waals surface area contributed by atoms with Gasteiger partial charge in [-0.15, -0.1) is 0 Å². The van der Waals surface area contributed by atoms with Crippen molar-refractivity contribution in [2.24, 2.45) is 0 Å². The number of aliphatic hydroxyl groups excluding tert-OH is 1. The molecule has 1 unspecified atom stereocenters. The van der Waals surface area contributed by atoms with Crippen LogP contribution >= 0.6 is 0 Å². The van der Waals surface area contributed by atoms with E-state index in [1.807, 2.05) is 69.3 Å². The minimum absolute atomic E-state index is 0.0273. The first-order valence-corrected chi connectivity index (χ1v) is 12.4. The first-order chi connectivity index (χ1) is 18.3. The van der Waals surface area contributed by atoms with Gasteiger partial charge in [0.25, 0.3) is 11.7 Å². The molecular formula is C32H28N2O4. The van der Waals surface area contributed by atoms with E-state index in [-0.39, 0.29) is 11.3 Å². The smallest absolute Gasteiger partial charge is 0.300 e. The summed E-state index contributed by atoms with van der Waals surface area (Å²) < 4.78 is 5.97. The van der Waals surface area contributed by atoms with Gasteiger partial charge >= 0.3 is 0 Å². The molecular weight excluding hydrogens is 476 g/mol. The molecule has 1 aliphatic rings. The number of anilines is 1. The van der Waals surface area contributed by atoms with Crippen molar-refractivity contribution >= 4 is 23.1 Å². The maximum atomic E-state index is 13.4. The number of carbonyl (C=O) groups is 2. The number of benzene rings is 3. The number of hydrogen-bond donors (Lipinski definition) is 1. The quantitative estimate of drug-likeness (QED) is 0.192. The second-order valence-corrected chi connectivity index (χ2v) is 9.56. The third kappa shape index (κ3) is 4.81. The highest BCUT2D eigenvalue weighted by molar-refractivity contribution is 6.51. The molecule has 38 heavy (non-hydrogen) atoms. The highest BCUT2D eigenvalue weighted by Crippen LogP contribution is 2.42.